The number of anilines is 2. The van der Waals surface area contributed by atoms with Gasteiger partial charge >= 0.3 is 0 Å². The molecule has 0 aliphatic carbocycles. The molecule has 0 saturated carbocycles. The SMILES string of the molecule is CCCS(=O)(=O)Nc1cccc(C(=O)NCC(=O)Nc2ccc(Br)cc2C)c1. The molecule has 2 aromatic carbocycles. The van der Waals surface area contributed by atoms with Gasteiger partial charge in [-0.1, -0.05) is 28.9 Å². The van der Waals surface area contributed by atoms with Crippen molar-refractivity contribution in [2.45, 2.75) is 20.3 Å². The van der Waals surface area contributed by atoms with Crippen LogP contribution in [0.1, 0.15) is 29.3 Å². The number of hydrogen-bond acceptors (Lipinski definition) is 4. The number of sulfonamides is 1. The van der Waals surface area contributed by atoms with E-state index in [0.29, 0.717) is 17.8 Å². The highest BCUT2D eigenvalue weighted by Crippen LogP contribution is 2.19. The number of nitrogens with one attached hydrogen (secondary N) is 3. The maximum Gasteiger partial charge on any atom is 0.251 e. The van der Waals surface area contributed by atoms with E-state index in [9.17, 15) is 18.0 Å². The van der Waals surface area contributed by atoms with Crippen molar-refractivity contribution in [1.29, 1.82) is 0 Å². The summed E-state index contributed by atoms with van der Waals surface area (Å²) < 4.78 is 27.0. The van der Waals surface area contributed by atoms with Crippen LogP contribution in [-0.2, 0) is 14.8 Å². The van der Waals surface area contributed by atoms with Crippen molar-refractivity contribution >= 4 is 49.1 Å². The van der Waals surface area contributed by atoms with Crippen LogP contribution >= 0.6 is 15.9 Å². The number of carbonyl (C=O) groups is 2. The molecule has 150 valence electrons. The van der Waals surface area contributed by atoms with Gasteiger partial charge in [0.1, 0.15) is 0 Å². The molecule has 2 amide bonds. The zero-order valence-electron chi connectivity index (χ0n) is 15.6. The Kier molecular flexibility index (Phi) is 7.59. The van der Waals surface area contributed by atoms with E-state index in [1.807, 2.05) is 19.1 Å². The molecule has 0 fully saturated rings. The quantitative estimate of drug-likeness (QED) is 0.553. The number of aryl methyl sites for hydroxylation is 1. The van der Waals surface area contributed by atoms with Crippen LogP contribution in [0.5, 0.6) is 0 Å². The van der Waals surface area contributed by atoms with Crippen molar-refractivity contribution < 1.29 is 18.0 Å². The topological polar surface area (TPSA) is 104 Å². The maximum atomic E-state index is 12.3. The fourth-order valence-electron chi connectivity index (χ4n) is 2.45. The first-order valence-corrected chi connectivity index (χ1v) is 11.1. The third kappa shape index (κ3) is 6.65. The predicted octanol–water partition coefficient (Wildman–Crippen LogP) is 3.28. The van der Waals surface area contributed by atoms with Gasteiger partial charge in [0.25, 0.3) is 5.91 Å². The van der Waals surface area contributed by atoms with Crippen LogP contribution in [0.4, 0.5) is 11.4 Å². The molecule has 0 aromatic heterocycles. The van der Waals surface area contributed by atoms with E-state index in [4.69, 9.17) is 0 Å². The summed E-state index contributed by atoms with van der Waals surface area (Å²) in [5, 5.41) is 5.26. The third-order valence-electron chi connectivity index (χ3n) is 3.74. The summed E-state index contributed by atoms with van der Waals surface area (Å²) in [4.78, 5) is 24.4. The Morgan fingerprint density at radius 2 is 1.86 bits per heavy atom. The zero-order valence-corrected chi connectivity index (χ0v) is 18.0. The highest BCUT2D eigenvalue weighted by molar-refractivity contribution is 9.10. The first kappa shape index (κ1) is 21.9. The summed E-state index contributed by atoms with van der Waals surface area (Å²) in [7, 11) is -3.44. The van der Waals surface area contributed by atoms with Crippen LogP contribution in [-0.4, -0.2) is 32.5 Å². The van der Waals surface area contributed by atoms with E-state index in [0.717, 1.165) is 10.0 Å². The number of rotatable bonds is 8. The van der Waals surface area contributed by atoms with Gasteiger partial charge in [-0.15, -0.1) is 0 Å². The number of halogens is 1. The van der Waals surface area contributed by atoms with Gasteiger partial charge in [-0.3, -0.25) is 14.3 Å². The summed E-state index contributed by atoms with van der Waals surface area (Å²) in [6.45, 7) is 3.42. The Balaban J connectivity index is 1.95. The van der Waals surface area contributed by atoms with Gasteiger partial charge in [-0.05, 0) is 55.3 Å². The van der Waals surface area contributed by atoms with Crippen LogP contribution in [0, 0.1) is 6.92 Å². The van der Waals surface area contributed by atoms with Crippen LogP contribution in [0.25, 0.3) is 0 Å². The summed E-state index contributed by atoms with van der Waals surface area (Å²) in [6.07, 6.45) is 0.489. The van der Waals surface area contributed by atoms with Gasteiger partial charge in [0.15, 0.2) is 0 Å². The minimum absolute atomic E-state index is 0.000923. The molecular formula is C19H22BrN3O4S. The molecule has 0 atom stereocenters. The van der Waals surface area contributed by atoms with Crippen molar-refractivity contribution in [3.05, 3.63) is 58.1 Å². The Labute approximate surface area is 173 Å². The monoisotopic (exact) mass is 467 g/mol. The molecule has 0 aliphatic heterocycles. The van der Waals surface area contributed by atoms with Crippen molar-refractivity contribution in [3.8, 4) is 0 Å². The van der Waals surface area contributed by atoms with Crippen molar-refractivity contribution in [2.75, 3.05) is 22.3 Å². The van der Waals surface area contributed by atoms with Crippen molar-refractivity contribution in [2.24, 2.45) is 0 Å². The molecule has 0 unspecified atom stereocenters. The van der Waals surface area contributed by atoms with Gasteiger partial charge in [0.05, 0.1) is 12.3 Å². The summed E-state index contributed by atoms with van der Waals surface area (Å²) in [6, 6.07) is 11.6. The molecule has 0 heterocycles. The van der Waals surface area contributed by atoms with Crippen LogP contribution in [0.15, 0.2) is 46.9 Å². The Morgan fingerprint density at radius 3 is 2.54 bits per heavy atom. The van der Waals surface area contributed by atoms with E-state index in [-0.39, 0.29) is 23.8 Å². The minimum atomic E-state index is -3.44. The largest absolute Gasteiger partial charge is 0.343 e. The van der Waals surface area contributed by atoms with Crippen LogP contribution in [0.3, 0.4) is 0 Å². The standard InChI is InChI=1S/C19H22BrN3O4S/c1-3-9-28(26,27)23-16-6-4-5-14(11-16)19(25)21-12-18(24)22-17-8-7-15(20)10-13(17)2/h4-8,10-11,23H,3,9,12H2,1-2H3,(H,21,25)(H,22,24). The molecule has 3 N–H and O–H groups in total. The van der Waals surface area contributed by atoms with Gasteiger partial charge < -0.3 is 10.6 Å². The summed E-state index contributed by atoms with van der Waals surface area (Å²) in [5.74, 6) is -0.836. The molecule has 9 heteroatoms. The van der Waals surface area contributed by atoms with Gasteiger partial charge in [-0.25, -0.2) is 8.42 Å². The molecule has 2 rings (SSSR count). The van der Waals surface area contributed by atoms with Crippen molar-refractivity contribution in [3.63, 3.8) is 0 Å². The molecule has 28 heavy (non-hydrogen) atoms. The second kappa shape index (κ2) is 9.70. The van der Waals surface area contributed by atoms with E-state index in [1.165, 1.54) is 6.07 Å². The lowest BCUT2D eigenvalue weighted by Gasteiger charge is -2.11. The fourth-order valence-corrected chi connectivity index (χ4v) is 4.05. The number of carbonyl (C=O) groups excluding carboxylic acids is 2. The van der Waals surface area contributed by atoms with Crippen molar-refractivity contribution in [1.82, 2.24) is 5.32 Å². The zero-order chi connectivity index (χ0) is 20.7. The molecule has 0 radical (unpaired) electrons. The van der Waals surface area contributed by atoms with Gasteiger partial charge in [0, 0.05) is 21.4 Å². The normalized spacial score (nSPS) is 11.0. The fraction of sp³-hybridized carbons (Fsp3) is 0.263. The van der Waals surface area contributed by atoms with E-state index >= 15 is 0 Å². The van der Waals surface area contributed by atoms with Crippen LogP contribution < -0.4 is 15.4 Å². The first-order valence-electron chi connectivity index (χ1n) is 8.65. The Morgan fingerprint density at radius 1 is 1.11 bits per heavy atom. The lowest BCUT2D eigenvalue weighted by Crippen LogP contribution is -2.33. The van der Waals surface area contributed by atoms with Gasteiger partial charge in [-0.2, -0.15) is 0 Å². The molecule has 0 saturated heterocycles. The second-order valence-electron chi connectivity index (χ2n) is 6.19. The first-order chi connectivity index (χ1) is 13.2. The number of amides is 2. The van der Waals surface area contributed by atoms with E-state index in [2.05, 4.69) is 31.3 Å². The average molecular weight is 468 g/mol. The van der Waals surface area contributed by atoms with E-state index in [1.54, 1.807) is 31.2 Å². The highest BCUT2D eigenvalue weighted by atomic mass is 79.9. The smallest absolute Gasteiger partial charge is 0.251 e. The number of benzene rings is 2. The van der Waals surface area contributed by atoms with Gasteiger partial charge in [0.2, 0.25) is 15.9 Å². The molecule has 0 aliphatic rings. The molecule has 0 bridgehead atoms. The number of hydrogen-bond donors (Lipinski definition) is 3. The highest BCUT2D eigenvalue weighted by Gasteiger charge is 2.12. The van der Waals surface area contributed by atoms with E-state index < -0.39 is 15.9 Å². The maximum absolute atomic E-state index is 12.3. The summed E-state index contributed by atoms with van der Waals surface area (Å²) in [5.41, 5.74) is 2.11. The molecule has 7 nitrogen and oxygen atoms in total. The minimum Gasteiger partial charge on any atom is -0.343 e. The Bertz CT molecular complexity index is 977. The molecule has 0 spiro atoms. The molecule has 2 aromatic rings. The van der Waals surface area contributed by atoms with Crippen LogP contribution in [0.2, 0.25) is 0 Å². The summed E-state index contributed by atoms with van der Waals surface area (Å²) >= 11 is 3.36. The lowest BCUT2D eigenvalue weighted by atomic mass is 10.2. The average Bonchev–Trinajstić information content (AvgIpc) is 2.61. The predicted molar refractivity (Wildman–Crippen MR) is 114 cm³/mol. The lowest BCUT2D eigenvalue weighted by molar-refractivity contribution is -0.115. The Hall–Kier alpha value is -2.39. The second-order valence-corrected chi connectivity index (χ2v) is 8.95. The third-order valence-corrected chi connectivity index (χ3v) is 5.73. The molecular weight excluding hydrogens is 446 g/mol.